The molecule has 0 radical (unpaired) electrons. The summed E-state index contributed by atoms with van der Waals surface area (Å²) < 4.78 is 11.7. The van der Waals surface area contributed by atoms with Gasteiger partial charge < -0.3 is 29.3 Å². The van der Waals surface area contributed by atoms with Crippen molar-refractivity contribution in [2.24, 2.45) is 0 Å². The van der Waals surface area contributed by atoms with E-state index in [-0.39, 0.29) is 50.2 Å². The molecular weight excluding hydrogens is 484 g/mol. The number of hydrogen-bond donors (Lipinski definition) is 4. The van der Waals surface area contributed by atoms with Crippen LogP contribution in [0.25, 0.3) is 44.2 Å². The van der Waals surface area contributed by atoms with E-state index in [0.29, 0.717) is 11.1 Å². The summed E-state index contributed by atoms with van der Waals surface area (Å²) in [5, 5.41) is 39.2. The summed E-state index contributed by atoms with van der Waals surface area (Å²) in [6, 6.07) is 6.07. The third kappa shape index (κ3) is 3.41. The maximum Gasteiger partial charge on any atom is 0.340 e. The van der Waals surface area contributed by atoms with E-state index in [4.69, 9.17) is 8.83 Å². The van der Waals surface area contributed by atoms with Crippen molar-refractivity contribution < 1.29 is 38.8 Å². The van der Waals surface area contributed by atoms with Crippen LogP contribution < -0.4 is 10.9 Å². The molecule has 186 valence electrons. The fourth-order valence-corrected chi connectivity index (χ4v) is 4.71. The number of fused-ring (bicyclic) bond motifs is 3. The molecule has 0 fully saturated rings. The molecule has 0 aliphatic rings. The van der Waals surface area contributed by atoms with Crippen LogP contribution in [0.1, 0.15) is 38.8 Å². The van der Waals surface area contributed by atoms with Crippen molar-refractivity contribution in [3.63, 3.8) is 0 Å². The van der Waals surface area contributed by atoms with E-state index in [1.807, 2.05) is 0 Å². The third-order valence-electron chi connectivity index (χ3n) is 6.31. The number of carboxylic acids is 1. The van der Waals surface area contributed by atoms with Gasteiger partial charge in [-0.25, -0.2) is 4.79 Å². The lowest BCUT2D eigenvalue weighted by atomic mass is 9.93. The fourth-order valence-electron chi connectivity index (χ4n) is 4.71. The zero-order valence-electron chi connectivity index (χ0n) is 19.6. The zero-order chi connectivity index (χ0) is 26.9. The molecule has 10 nitrogen and oxygen atoms in total. The predicted molar refractivity (Wildman–Crippen MR) is 133 cm³/mol. The van der Waals surface area contributed by atoms with Gasteiger partial charge in [-0.05, 0) is 44.0 Å². The van der Waals surface area contributed by atoms with Crippen molar-refractivity contribution in [1.29, 1.82) is 0 Å². The van der Waals surface area contributed by atoms with Gasteiger partial charge in [0.1, 0.15) is 33.8 Å². The first-order valence-corrected chi connectivity index (χ1v) is 10.9. The lowest BCUT2D eigenvalue weighted by molar-refractivity contribution is 0.0694. The Hall–Kier alpha value is -5.12. The van der Waals surface area contributed by atoms with Crippen LogP contribution in [0.3, 0.4) is 0 Å². The average molecular weight is 502 g/mol. The highest BCUT2D eigenvalue weighted by molar-refractivity contribution is 6.12. The second-order valence-electron chi connectivity index (χ2n) is 8.70. The van der Waals surface area contributed by atoms with E-state index in [1.165, 1.54) is 31.2 Å². The smallest absolute Gasteiger partial charge is 0.340 e. The number of benzene rings is 3. The van der Waals surface area contributed by atoms with Crippen LogP contribution in [0, 0.1) is 13.8 Å². The maximum atomic E-state index is 13.6. The first kappa shape index (κ1) is 23.6. The number of carbonyl (C=O) groups excluding carboxylic acids is 1. The van der Waals surface area contributed by atoms with E-state index >= 15 is 0 Å². The Labute approximate surface area is 206 Å². The summed E-state index contributed by atoms with van der Waals surface area (Å²) in [4.78, 5) is 51.0. The van der Waals surface area contributed by atoms with E-state index < -0.39 is 45.1 Å². The number of ketones is 1. The Morgan fingerprint density at radius 1 is 0.838 bits per heavy atom. The summed E-state index contributed by atoms with van der Waals surface area (Å²) in [5.41, 5.74) is -1.62. The summed E-state index contributed by atoms with van der Waals surface area (Å²) in [5.74, 6) is -4.13. The van der Waals surface area contributed by atoms with E-state index in [2.05, 4.69) is 0 Å². The SMILES string of the molecule is CC(=O)c1c(C)c(-c2cc(=O)c3c(C)cc(O)cc3o2)cc2c(=O)c3c(C(=O)O)c(O)c(O)cc3oc12. The number of rotatable bonds is 3. The Morgan fingerprint density at radius 3 is 2.16 bits per heavy atom. The second kappa shape index (κ2) is 7.95. The van der Waals surface area contributed by atoms with E-state index in [9.17, 15) is 39.6 Å². The summed E-state index contributed by atoms with van der Waals surface area (Å²) in [6.07, 6.45) is 0. The molecule has 5 aromatic rings. The first-order valence-electron chi connectivity index (χ1n) is 10.9. The molecule has 4 N–H and O–H groups in total. The van der Waals surface area contributed by atoms with Crippen LogP contribution in [-0.2, 0) is 0 Å². The van der Waals surface area contributed by atoms with Gasteiger partial charge in [0.15, 0.2) is 22.7 Å². The number of Topliss-reactive ketones (excluding diaryl/α,β-unsaturated/α-hetero) is 1. The van der Waals surface area contributed by atoms with Crippen LogP contribution in [-0.4, -0.2) is 32.2 Å². The number of phenolic OH excluding ortho intramolecular Hbond substituents is 2. The molecule has 2 heterocycles. The summed E-state index contributed by atoms with van der Waals surface area (Å²) in [6.45, 7) is 4.44. The normalized spacial score (nSPS) is 11.4. The summed E-state index contributed by atoms with van der Waals surface area (Å²) >= 11 is 0. The molecule has 0 saturated heterocycles. The number of aryl methyl sites for hydroxylation is 1. The maximum absolute atomic E-state index is 13.6. The minimum atomic E-state index is -1.68. The largest absolute Gasteiger partial charge is 0.508 e. The third-order valence-corrected chi connectivity index (χ3v) is 6.31. The van der Waals surface area contributed by atoms with Gasteiger partial charge in [-0.15, -0.1) is 0 Å². The Morgan fingerprint density at radius 2 is 1.51 bits per heavy atom. The van der Waals surface area contributed by atoms with E-state index in [0.717, 1.165) is 6.07 Å². The van der Waals surface area contributed by atoms with Crippen molar-refractivity contribution in [3.05, 3.63) is 73.0 Å². The molecular formula is C27H18O10. The quantitative estimate of drug-likeness (QED) is 0.158. The molecule has 0 unspecified atom stereocenters. The molecule has 37 heavy (non-hydrogen) atoms. The lowest BCUT2D eigenvalue weighted by Gasteiger charge is -2.14. The molecule has 0 aliphatic carbocycles. The van der Waals surface area contributed by atoms with Crippen molar-refractivity contribution in [3.8, 4) is 28.6 Å². The standard InChI is InChI=1S/C27H18O10/c1-9-4-12(29)5-18-20(9)15(30)7-17(36-18)13-6-14-24(32)22-19(8-16(31)25(33)23(22)27(34)35)37-26(14)21(10(13)2)11(3)28/h4-8,29,31,33H,1-3H3,(H,34,35). The van der Waals surface area contributed by atoms with Crippen molar-refractivity contribution >= 4 is 44.7 Å². The fraction of sp³-hybridized carbons (Fsp3) is 0.111. The molecule has 0 aliphatic heterocycles. The molecule has 0 saturated carbocycles. The topological polar surface area (TPSA) is 175 Å². The van der Waals surface area contributed by atoms with Gasteiger partial charge in [-0.3, -0.25) is 14.4 Å². The monoisotopic (exact) mass is 502 g/mol. The molecule has 5 rings (SSSR count). The number of aromatic hydroxyl groups is 3. The minimum absolute atomic E-state index is 0.00379. The Bertz CT molecular complexity index is 1970. The van der Waals surface area contributed by atoms with Crippen LogP contribution in [0.15, 0.2) is 48.8 Å². The molecule has 3 aromatic carbocycles. The van der Waals surface area contributed by atoms with Gasteiger partial charge in [-0.2, -0.15) is 0 Å². The molecule has 0 amide bonds. The van der Waals surface area contributed by atoms with Crippen molar-refractivity contribution in [2.75, 3.05) is 0 Å². The van der Waals surface area contributed by atoms with Crippen molar-refractivity contribution in [1.82, 2.24) is 0 Å². The van der Waals surface area contributed by atoms with Gasteiger partial charge in [-0.1, -0.05) is 0 Å². The van der Waals surface area contributed by atoms with Crippen LogP contribution >= 0.6 is 0 Å². The average Bonchev–Trinajstić information content (AvgIpc) is 2.78. The number of carboxylic acid groups (broad SMARTS) is 1. The molecule has 2 aromatic heterocycles. The number of aromatic carboxylic acids is 1. The van der Waals surface area contributed by atoms with Crippen LogP contribution in [0.2, 0.25) is 0 Å². The number of phenols is 3. The second-order valence-corrected chi connectivity index (χ2v) is 8.70. The zero-order valence-corrected chi connectivity index (χ0v) is 19.6. The Kier molecular flexibility index (Phi) is 5.08. The van der Waals surface area contributed by atoms with Crippen LogP contribution in [0.5, 0.6) is 17.2 Å². The summed E-state index contributed by atoms with van der Waals surface area (Å²) in [7, 11) is 0. The molecule has 0 bridgehead atoms. The first-order chi connectivity index (χ1) is 17.4. The van der Waals surface area contributed by atoms with E-state index in [1.54, 1.807) is 13.8 Å². The van der Waals surface area contributed by atoms with Gasteiger partial charge >= 0.3 is 5.97 Å². The highest BCUT2D eigenvalue weighted by Gasteiger charge is 2.27. The lowest BCUT2D eigenvalue weighted by Crippen LogP contribution is -2.12. The minimum Gasteiger partial charge on any atom is -0.508 e. The molecule has 10 heteroatoms. The number of hydrogen-bond acceptors (Lipinski definition) is 9. The van der Waals surface area contributed by atoms with Gasteiger partial charge in [0, 0.05) is 23.8 Å². The van der Waals surface area contributed by atoms with Crippen molar-refractivity contribution in [2.45, 2.75) is 20.8 Å². The Balaban J connectivity index is 1.97. The predicted octanol–water partition coefficient (Wildman–Crippen LogP) is 4.35. The highest BCUT2D eigenvalue weighted by Crippen LogP contribution is 2.38. The van der Waals surface area contributed by atoms with Crippen LogP contribution in [0.4, 0.5) is 0 Å². The van der Waals surface area contributed by atoms with Gasteiger partial charge in [0.2, 0.25) is 5.43 Å². The van der Waals surface area contributed by atoms with Gasteiger partial charge in [0.05, 0.1) is 21.7 Å². The highest BCUT2D eigenvalue weighted by atomic mass is 16.4. The molecule has 0 spiro atoms. The van der Waals surface area contributed by atoms with Gasteiger partial charge in [0.25, 0.3) is 0 Å². The number of carbonyl (C=O) groups is 2. The molecule has 0 atom stereocenters.